The number of benzene rings is 1. The maximum absolute atomic E-state index is 12.6. The number of nitrogens with one attached hydrogen (secondary N) is 1. The van der Waals surface area contributed by atoms with E-state index in [4.69, 9.17) is 0 Å². The number of carbonyl (C=O) groups is 1. The summed E-state index contributed by atoms with van der Waals surface area (Å²) < 4.78 is 0. The van der Waals surface area contributed by atoms with Crippen LogP contribution in [0, 0.1) is 18.3 Å². The molecule has 2 heterocycles. The summed E-state index contributed by atoms with van der Waals surface area (Å²) in [6.45, 7) is 8.31. The molecule has 1 N–H and O–H groups in total. The van der Waals surface area contributed by atoms with Gasteiger partial charge in [-0.05, 0) is 42.4 Å². The van der Waals surface area contributed by atoms with Crippen LogP contribution in [0.2, 0.25) is 0 Å². The second-order valence-corrected chi connectivity index (χ2v) is 8.83. The summed E-state index contributed by atoms with van der Waals surface area (Å²) in [5, 5.41) is 3.15. The van der Waals surface area contributed by atoms with Crippen LogP contribution in [-0.4, -0.2) is 35.0 Å². The summed E-state index contributed by atoms with van der Waals surface area (Å²) in [7, 11) is 3.87. The smallest absolute Gasteiger partial charge is 0.231 e. The van der Waals surface area contributed by atoms with Crippen LogP contribution in [-0.2, 0) is 24.4 Å². The molecule has 1 aromatic heterocycles. The van der Waals surface area contributed by atoms with Gasteiger partial charge in [0.25, 0.3) is 0 Å². The maximum Gasteiger partial charge on any atom is 0.231 e. The molecule has 2 aromatic rings. The van der Waals surface area contributed by atoms with Crippen LogP contribution in [0.25, 0.3) is 0 Å². The van der Waals surface area contributed by atoms with Gasteiger partial charge in [-0.2, -0.15) is 15.0 Å². The van der Waals surface area contributed by atoms with Gasteiger partial charge in [0.15, 0.2) is 0 Å². The molecule has 4 rings (SSSR count). The molecule has 154 valence electrons. The van der Waals surface area contributed by atoms with Crippen molar-refractivity contribution >= 4 is 17.8 Å². The van der Waals surface area contributed by atoms with E-state index in [1.165, 1.54) is 11.1 Å². The second-order valence-electron chi connectivity index (χ2n) is 8.83. The van der Waals surface area contributed by atoms with Crippen LogP contribution < -0.4 is 15.1 Å². The number of rotatable bonds is 6. The molecule has 29 heavy (non-hydrogen) atoms. The number of nitrogens with zero attached hydrogens (tertiary/aromatic N) is 5. The van der Waals surface area contributed by atoms with Gasteiger partial charge < -0.3 is 15.1 Å². The summed E-state index contributed by atoms with van der Waals surface area (Å²) in [6, 6.07) is 6.47. The minimum atomic E-state index is -0.131. The summed E-state index contributed by atoms with van der Waals surface area (Å²) >= 11 is 0. The molecule has 2 aliphatic rings. The van der Waals surface area contributed by atoms with Crippen molar-refractivity contribution in [3.63, 3.8) is 0 Å². The van der Waals surface area contributed by atoms with E-state index in [0.717, 1.165) is 37.3 Å². The Hall–Kier alpha value is -2.70. The first-order valence-electron chi connectivity index (χ1n) is 10.3. The van der Waals surface area contributed by atoms with Crippen molar-refractivity contribution in [1.29, 1.82) is 0 Å². The molecule has 1 aliphatic heterocycles. The lowest BCUT2D eigenvalue weighted by molar-refractivity contribution is -0.128. The highest BCUT2D eigenvalue weighted by atomic mass is 16.2. The topological polar surface area (TPSA) is 74.2 Å². The molecule has 7 nitrogen and oxygen atoms in total. The normalized spacial score (nSPS) is 16.7. The van der Waals surface area contributed by atoms with Crippen molar-refractivity contribution in [3.05, 3.63) is 40.7 Å². The summed E-state index contributed by atoms with van der Waals surface area (Å²) in [5.74, 6) is 2.70. The zero-order chi connectivity index (χ0) is 20.8. The largest absolute Gasteiger partial charge is 0.352 e. The van der Waals surface area contributed by atoms with Crippen LogP contribution in [0.5, 0.6) is 0 Å². The van der Waals surface area contributed by atoms with Crippen molar-refractivity contribution in [3.8, 4) is 0 Å². The Balaban J connectivity index is 1.44. The Bertz CT molecular complexity index is 935. The Labute approximate surface area is 172 Å². The number of fused-ring (bicyclic) bond motifs is 1. The maximum atomic E-state index is 12.6. The lowest BCUT2D eigenvalue weighted by atomic mass is 9.91. The molecule has 1 amide bonds. The predicted octanol–water partition coefficient (Wildman–Crippen LogP) is 2.82. The summed E-state index contributed by atoms with van der Waals surface area (Å²) in [6.07, 6.45) is 2.02. The highest BCUT2D eigenvalue weighted by Gasteiger charge is 2.51. The lowest BCUT2D eigenvalue weighted by Gasteiger charge is -2.19. The number of aryl methyl sites for hydroxylation is 1. The van der Waals surface area contributed by atoms with E-state index in [-0.39, 0.29) is 11.3 Å². The van der Waals surface area contributed by atoms with Gasteiger partial charge in [0.1, 0.15) is 5.82 Å². The van der Waals surface area contributed by atoms with Gasteiger partial charge in [-0.15, -0.1) is 0 Å². The standard InChI is InChI=1S/C22H30N6O/c1-14(2)22(8-9-22)19(29)23-11-16-6-7-17-12-28(13-18(17)10-16)21-25-15(3)24-20(26-21)27(4)5/h6-7,10,14H,8-9,11-13H2,1-5H3,(H,23,29). The predicted molar refractivity (Wildman–Crippen MR) is 114 cm³/mol. The molecule has 0 atom stereocenters. The Morgan fingerprint density at radius 3 is 2.55 bits per heavy atom. The molecule has 1 aliphatic carbocycles. The third-order valence-electron chi connectivity index (χ3n) is 6.20. The van der Waals surface area contributed by atoms with E-state index in [1.54, 1.807) is 0 Å². The zero-order valence-corrected chi connectivity index (χ0v) is 18.0. The second kappa shape index (κ2) is 7.28. The van der Waals surface area contributed by atoms with Crippen LogP contribution >= 0.6 is 0 Å². The van der Waals surface area contributed by atoms with Crippen molar-refractivity contribution < 1.29 is 4.79 Å². The fraction of sp³-hybridized carbons (Fsp3) is 0.545. The van der Waals surface area contributed by atoms with Gasteiger partial charge >= 0.3 is 0 Å². The molecular formula is C22H30N6O. The molecular weight excluding hydrogens is 364 g/mol. The highest BCUT2D eigenvalue weighted by molar-refractivity contribution is 5.85. The number of hydrogen-bond donors (Lipinski definition) is 1. The summed E-state index contributed by atoms with van der Waals surface area (Å²) in [4.78, 5) is 30.2. The van der Waals surface area contributed by atoms with E-state index < -0.39 is 0 Å². The van der Waals surface area contributed by atoms with Gasteiger partial charge in [0, 0.05) is 33.7 Å². The van der Waals surface area contributed by atoms with Crippen LogP contribution in [0.1, 0.15) is 49.2 Å². The molecule has 0 spiro atoms. The molecule has 0 unspecified atom stereocenters. The SMILES string of the molecule is Cc1nc(N(C)C)nc(N2Cc3ccc(CNC(=O)C4(C(C)C)CC4)cc3C2)n1. The van der Waals surface area contributed by atoms with E-state index in [9.17, 15) is 4.79 Å². The molecule has 0 bridgehead atoms. The van der Waals surface area contributed by atoms with Gasteiger partial charge in [0.05, 0.1) is 5.41 Å². The van der Waals surface area contributed by atoms with Gasteiger partial charge in [-0.1, -0.05) is 32.0 Å². The quantitative estimate of drug-likeness (QED) is 0.812. The first kappa shape index (κ1) is 19.6. The third-order valence-corrected chi connectivity index (χ3v) is 6.20. The molecule has 1 fully saturated rings. The van der Waals surface area contributed by atoms with Crippen molar-refractivity contribution in [2.24, 2.45) is 11.3 Å². The van der Waals surface area contributed by atoms with Gasteiger partial charge in [-0.25, -0.2) is 0 Å². The van der Waals surface area contributed by atoms with E-state index in [0.29, 0.717) is 24.4 Å². The first-order chi connectivity index (χ1) is 13.8. The fourth-order valence-corrected chi connectivity index (χ4v) is 4.05. The number of anilines is 2. The molecule has 1 saturated carbocycles. The van der Waals surface area contributed by atoms with Crippen molar-refractivity contribution in [1.82, 2.24) is 20.3 Å². The summed E-state index contributed by atoms with van der Waals surface area (Å²) in [5.41, 5.74) is 3.56. The lowest BCUT2D eigenvalue weighted by Crippen LogP contribution is -2.34. The number of carbonyl (C=O) groups excluding carboxylic acids is 1. The van der Waals surface area contributed by atoms with Gasteiger partial charge in [0.2, 0.25) is 17.8 Å². The zero-order valence-electron chi connectivity index (χ0n) is 18.0. The van der Waals surface area contributed by atoms with E-state index in [2.05, 4.69) is 57.2 Å². The van der Waals surface area contributed by atoms with Crippen LogP contribution in [0.15, 0.2) is 18.2 Å². The molecule has 1 aromatic carbocycles. The average Bonchev–Trinajstić information content (AvgIpc) is 3.39. The molecule has 7 heteroatoms. The van der Waals surface area contributed by atoms with Gasteiger partial charge in [-0.3, -0.25) is 4.79 Å². The number of aromatic nitrogens is 3. The molecule has 0 radical (unpaired) electrons. The van der Waals surface area contributed by atoms with Crippen LogP contribution in [0.4, 0.5) is 11.9 Å². The Morgan fingerprint density at radius 2 is 1.90 bits per heavy atom. The Morgan fingerprint density at radius 1 is 1.17 bits per heavy atom. The number of amides is 1. The van der Waals surface area contributed by atoms with Crippen LogP contribution in [0.3, 0.4) is 0 Å². The van der Waals surface area contributed by atoms with Crippen molar-refractivity contribution in [2.45, 2.75) is 53.2 Å². The minimum Gasteiger partial charge on any atom is -0.352 e. The first-order valence-corrected chi connectivity index (χ1v) is 10.3. The van der Waals surface area contributed by atoms with Crippen molar-refractivity contribution in [2.75, 3.05) is 23.9 Å². The minimum absolute atomic E-state index is 0.131. The fourth-order valence-electron chi connectivity index (χ4n) is 4.05. The third kappa shape index (κ3) is 3.78. The van der Waals surface area contributed by atoms with E-state index in [1.807, 2.05) is 25.9 Å². The highest BCUT2D eigenvalue weighted by Crippen LogP contribution is 2.52. The monoisotopic (exact) mass is 394 g/mol. The number of hydrogen-bond acceptors (Lipinski definition) is 6. The average molecular weight is 395 g/mol. The van der Waals surface area contributed by atoms with E-state index >= 15 is 0 Å². The molecule has 0 saturated heterocycles. The Kier molecular flexibility index (Phi) is 4.92.